The fourth-order valence-corrected chi connectivity index (χ4v) is 2.90. The second kappa shape index (κ2) is 6.20. The maximum atomic E-state index is 11.0. The predicted octanol–water partition coefficient (Wildman–Crippen LogP) is 3.13. The molecule has 1 aliphatic rings. The minimum absolute atomic E-state index is 0.200. The molecule has 3 nitrogen and oxygen atoms in total. The first-order chi connectivity index (χ1) is 9.08. The fraction of sp³-hybridized carbons (Fsp3) is 0.562. The van der Waals surface area contributed by atoms with Gasteiger partial charge in [0, 0.05) is 12.6 Å². The van der Waals surface area contributed by atoms with Gasteiger partial charge in [0.1, 0.15) is 0 Å². The van der Waals surface area contributed by atoms with Crippen molar-refractivity contribution in [3.05, 3.63) is 34.9 Å². The summed E-state index contributed by atoms with van der Waals surface area (Å²) in [6.07, 6.45) is 3.62. The van der Waals surface area contributed by atoms with E-state index in [1.54, 1.807) is 0 Å². The van der Waals surface area contributed by atoms with E-state index in [-0.39, 0.29) is 12.5 Å². The molecule has 1 N–H and O–H groups in total. The molecule has 1 aromatic rings. The molecular formula is C16H23NO2. The van der Waals surface area contributed by atoms with E-state index in [1.807, 2.05) is 0 Å². The Kier molecular flexibility index (Phi) is 4.59. The summed E-state index contributed by atoms with van der Waals surface area (Å²) < 4.78 is 0. The van der Waals surface area contributed by atoms with Gasteiger partial charge in [-0.05, 0) is 49.9 Å². The molecule has 1 aromatic carbocycles. The van der Waals surface area contributed by atoms with Crippen molar-refractivity contribution in [1.29, 1.82) is 0 Å². The normalized spacial score (nSPS) is 20.4. The number of piperidine rings is 1. The number of benzene rings is 1. The van der Waals surface area contributed by atoms with E-state index in [2.05, 4.69) is 36.9 Å². The van der Waals surface area contributed by atoms with Crippen molar-refractivity contribution in [2.24, 2.45) is 0 Å². The summed E-state index contributed by atoms with van der Waals surface area (Å²) in [4.78, 5) is 13.3. The summed E-state index contributed by atoms with van der Waals surface area (Å²) in [5, 5.41) is 9.02. The predicted molar refractivity (Wildman–Crippen MR) is 76.2 cm³/mol. The highest BCUT2D eigenvalue weighted by molar-refractivity contribution is 5.67. The molecule has 2 rings (SSSR count). The Hall–Kier alpha value is -1.35. The van der Waals surface area contributed by atoms with Crippen LogP contribution >= 0.6 is 0 Å². The van der Waals surface area contributed by atoms with Crippen molar-refractivity contribution in [1.82, 2.24) is 4.90 Å². The molecule has 1 aliphatic heterocycles. The minimum Gasteiger partial charge on any atom is -0.481 e. The summed E-state index contributed by atoms with van der Waals surface area (Å²) in [5.41, 5.74) is 3.98. The van der Waals surface area contributed by atoms with Crippen molar-refractivity contribution < 1.29 is 9.90 Å². The smallest absolute Gasteiger partial charge is 0.304 e. The molecular weight excluding hydrogens is 238 g/mol. The Morgan fingerprint density at radius 3 is 2.89 bits per heavy atom. The average Bonchev–Trinajstić information content (AvgIpc) is 2.36. The third kappa shape index (κ3) is 3.57. The highest BCUT2D eigenvalue weighted by Gasteiger charge is 2.24. The summed E-state index contributed by atoms with van der Waals surface area (Å²) >= 11 is 0. The molecule has 19 heavy (non-hydrogen) atoms. The first-order valence-electron chi connectivity index (χ1n) is 7.09. The molecule has 3 heteroatoms. The van der Waals surface area contributed by atoms with Crippen LogP contribution in [0.3, 0.4) is 0 Å². The first-order valence-corrected chi connectivity index (χ1v) is 7.09. The molecule has 104 valence electrons. The monoisotopic (exact) mass is 261 g/mol. The molecule has 0 spiro atoms. The molecule has 1 fully saturated rings. The lowest BCUT2D eigenvalue weighted by Gasteiger charge is -2.35. The quantitative estimate of drug-likeness (QED) is 0.905. The number of rotatable bonds is 4. The number of aryl methyl sites for hydroxylation is 1. The van der Waals surface area contributed by atoms with Gasteiger partial charge >= 0.3 is 5.97 Å². The Morgan fingerprint density at radius 1 is 1.37 bits per heavy atom. The SMILES string of the molecule is Cc1cccc(CN2CCCCC2CC(=O)O)c1C. The van der Waals surface area contributed by atoms with Gasteiger partial charge in [-0.3, -0.25) is 9.69 Å². The summed E-state index contributed by atoms with van der Waals surface area (Å²) in [5.74, 6) is -0.683. The number of hydrogen-bond donors (Lipinski definition) is 1. The van der Waals surface area contributed by atoms with Crippen LogP contribution in [-0.4, -0.2) is 28.6 Å². The second-order valence-electron chi connectivity index (χ2n) is 5.58. The zero-order valence-corrected chi connectivity index (χ0v) is 11.9. The van der Waals surface area contributed by atoms with E-state index >= 15 is 0 Å². The third-order valence-corrected chi connectivity index (χ3v) is 4.25. The lowest BCUT2D eigenvalue weighted by Crippen LogP contribution is -2.40. The largest absolute Gasteiger partial charge is 0.481 e. The van der Waals surface area contributed by atoms with E-state index < -0.39 is 5.97 Å². The molecule has 0 amide bonds. The standard InChI is InChI=1S/C16H23NO2/c1-12-6-5-7-14(13(12)2)11-17-9-4-3-8-15(17)10-16(18)19/h5-7,15H,3-4,8-11H2,1-2H3,(H,18,19). The highest BCUT2D eigenvalue weighted by Crippen LogP contribution is 2.23. The molecule has 0 bridgehead atoms. The summed E-state index contributed by atoms with van der Waals surface area (Å²) in [6.45, 7) is 6.18. The van der Waals surface area contributed by atoms with Gasteiger partial charge in [0.2, 0.25) is 0 Å². The van der Waals surface area contributed by atoms with Crippen molar-refractivity contribution in [3.8, 4) is 0 Å². The van der Waals surface area contributed by atoms with Crippen LogP contribution in [0.25, 0.3) is 0 Å². The molecule has 0 saturated carbocycles. The van der Waals surface area contributed by atoms with Crippen LogP contribution in [0.1, 0.15) is 42.4 Å². The van der Waals surface area contributed by atoms with E-state index in [9.17, 15) is 4.79 Å². The Balaban J connectivity index is 2.10. The van der Waals surface area contributed by atoms with Gasteiger partial charge in [0.05, 0.1) is 6.42 Å². The van der Waals surface area contributed by atoms with Gasteiger partial charge < -0.3 is 5.11 Å². The van der Waals surface area contributed by atoms with Crippen LogP contribution < -0.4 is 0 Å². The lowest BCUT2D eigenvalue weighted by molar-refractivity contribution is -0.138. The van der Waals surface area contributed by atoms with E-state index in [4.69, 9.17) is 5.11 Å². The first kappa shape index (κ1) is 14.1. The number of nitrogens with zero attached hydrogens (tertiary/aromatic N) is 1. The number of aliphatic carboxylic acids is 1. The maximum absolute atomic E-state index is 11.0. The van der Waals surface area contributed by atoms with E-state index in [0.717, 1.165) is 25.9 Å². The average molecular weight is 261 g/mol. The number of carboxylic acids is 1. The van der Waals surface area contributed by atoms with Crippen molar-refractivity contribution in [2.45, 2.75) is 52.1 Å². The number of likely N-dealkylation sites (tertiary alicyclic amines) is 1. The minimum atomic E-state index is -0.683. The Labute approximate surface area is 115 Å². The van der Waals surface area contributed by atoms with Crippen LogP contribution in [0, 0.1) is 13.8 Å². The topological polar surface area (TPSA) is 40.5 Å². The molecule has 0 aromatic heterocycles. The Bertz CT molecular complexity index is 456. The van der Waals surface area contributed by atoms with Gasteiger partial charge in [-0.15, -0.1) is 0 Å². The van der Waals surface area contributed by atoms with Crippen molar-refractivity contribution in [2.75, 3.05) is 6.54 Å². The molecule has 1 heterocycles. The summed E-state index contributed by atoms with van der Waals surface area (Å²) in [7, 11) is 0. The number of hydrogen-bond acceptors (Lipinski definition) is 2. The second-order valence-corrected chi connectivity index (χ2v) is 5.58. The number of carboxylic acid groups (broad SMARTS) is 1. The molecule has 1 atom stereocenters. The highest BCUT2D eigenvalue weighted by atomic mass is 16.4. The van der Waals surface area contributed by atoms with Crippen LogP contribution in [0.5, 0.6) is 0 Å². The molecule has 0 aliphatic carbocycles. The van der Waals surface area contributed by atoms with Crippen LogP contribution in [0.4, 0.5) is 0 Å². The Morgan fingerprint density at radius 2 is 2.16 bits per heavy atom. The van der Waals surface area contributed by atoms with Crippen LogP contribution in [0.2, 0.25) is 0 Å². The zero-order chi connectivity index (χ0) is 13.8. The maximum Gasteiger partial charge on any atom is 0.304 e. The molecule has 0 radical (unpaired) electrons. The van der Waals surface area contributed by atoms with Gasteiger partial charge in [-0.1, -0.05) is 24.6 Å². The van der Waals surface area contributed by atoms with Crippen LogP contribution in [-0.2, 0) is 11.3 Å². The van der Waals surface area contributed by atoms with E-state index in [0.29, 0.717) is 0 Å². The van der Waals surface area contributed by atoms with Gasteiger partial charge in [-0.2, -0.15) is 0 Å². The third-order valence-electron chi connectivity index (χ3n) is 4.25. The zero-order valence-electron chi connectivity index (χ0n) is 11.9. The summed E-state index contributed by atoms with van der Waals surface area (Å²) in [6, 6.07) is 6.58. The van der Waals surface area contributed by atoms with Gasteiger partial charge in [0.25, 0.3) is 0 Å². The van der Waals surface area contributed by atoms with Crippen LogP contribution in [0.15, 0.2) is 18.2 Å². The van der Waals surface area contributed by atoms with Gasteiger partial charge in [-0.25, -0.2) is 0 Å². The lowest BCUT2D eigenvalue weighted by atomic mass is 9.97. The van der Waals surface area contributed by atoms with Gasteiger partial charge in [0.15, 0.2) is 0 Å². The molecule has 1 saturated heterocycles. The molecule has 1 unspecified atom stereocenters. The van der Waals surface area contributed by atoms with E-state index in [1.165, 1.54) is 23.1 Å². The van der Waals surface area contributed by atoms with Crippen molar-refractivity contribution in [3.63, 3.8) is 0 Å². The van der Waals surface area contributed by atoms with Crippen molar-refractivity contribution >= 4 is 5.97 Å². The number of carbonyl (C=O) groups is 1. The fourth-order valence-electron chi connectivity index (χ4n) is 2.90.